The number of anilines is 1. The van der Waals surface area contributed by atoms with E-state index < -0.39 is 0 Å². The molecule has 1 N–H and O–H groups in total. The van der Waals surface area contributed by atoms with Crippen molar-refractivity contribution in [3.8, 4) is 5.75 Å². The van der Waals surface area contributed by atoms with E-state index in [1.165, 1.54) is 11.3 Å². The lowest BCUT2D eigenvalue weighted by Crippen LogP contribution is -2.52. The van der Waals surface area contributed by atoms with Gasteiger partial charge in [-0.15, -0.1) is 0 Å². The van der Waals surface area contributed by atoms with E-state index in [-0.39, 0.29) is 0 Å². The van der Waals surface area contributed by atoms with Crippen LogP contribution in [0.25, 0.3) is 0 Å². The number of nitrogens with zero attached hydrogens (tertiary/aromatic N) is 5. The van der Waals surface area contributed by atoms with E-state index in [4.69, 9.17) is 4.74 Å². The fourth-order valence-electron chi connectivity index (χ4n) is 3.89. The van der Waals surface area contributed by atoms with Gasteiger partial charge in [0.2, 0.25) is 0 Å². The van der Waals surface area contributed by atoms with Gasteiger partial charge >= 0.3 is 0 Å². The summed E-state index contributed by atoms with van der Waals surface area (Å²) in [6.45, 7) is 5.21. The summed E-state index contributed by atoms with van der Waals surface area (Å²) in [5.41, 5.74) is 2.49. The highest BCUT2D eigenvalue weighted by Gasteiger charge is 2.20. The minimum atomic E-state index is 0.644. The van der Waals surface area contributed by atoms with Gasteiger partial charge in [0.15, 0.2) is 5.96 Å². The Balaban J connectivity index is 1.31. The van der Waals surface area contributed by atoms with Crippen LogP contribution >= 0.6 is 0 Å². The van der Waals surface area contributed by atoms with Gasteiger partial charge in [-0.05, 0) is 29.8 Å². The highest BCUT2D eigenvalue weighted by molar-refractivity contribution is 5.80. The van der Waals surface area contributed by atoms with E-state index in [1.807, 2.05) is 37.6 Å². The Kier molecular flexibility index (Phi) is 6.72. The standard InChI is InChI=1S/C24H30N6O/c1-25-24(27-18-23-26-12-13-30(23)19-20-6-4-3-5-7-20)29-16-14-28(15-17-29)21-8-10-22(31-2)11-9-21/h3-13H,14-19H2,1-2H3,(H,25,27). The number of methoxy groups -OCH3 is 1. The fourth-order valence-corrected chi connectivity index (χ4v) is 3.89. The number of rotatable bonds is 6. The molecule has 0 aliphatic carbocycles. The average Bonchev–Trinajstić information content (AvgIpc) is 3.27. The molecule has 0 amide bonds. The van der Waals surface area contributed by atoms with Crippen molar-refractivity contribution in [2.75, 3.05) is 45.2 Å². The molecule has 2 aromatic carbocycles. The van der Waals surface area contributed by atoms with Crippen LogP contribution in [0.3, 0.4) is 0 Å². The molecule has 0 spiro atoms. The Labute approximate surface area is 184 Å². The molecule has 4 rings (SSSR count). The van der Waals surface area contributed by atoms with Gasteiger partial charge in [0.25, 0.3) is 0 Å². The molecular formula is C24H30N6O. The van der Waals surface area contributed by atoms with Crippen LogP contribution < -0.4 is 15.0 Å². The van der Waals surface area contributed by atoms with E-state index in [2.05, 4.69) is 66.1 Å². The van der Waals surface area contributed by atoms with Crippen LogP contribution in [0.4, 0.5) is 5.69 Å². The van der Waals surface area contributed by atoms with Gasteiger partial charge in [0.1, 0.15) is 11.6 Å². The Morgan fingerprint density at radius 2 is 1.77 bits per heavy atom. The SMILES string of the molecule is CN=C(NCc1nccn1Cc1ccccc1)N1CCN(c2ccc(OC)cc2)CC1. The van der Waals surface area contributed by atoms with Crippen molar-refractivity contribution in [3.05, 3.63) is 78.4 Å². The number of piperazine rings is 1. The zero-order valence-corrected chi connectivity index (χ0v) is 18.2. The van der Waals surface area contributed by atoms with Crippen molar-refractivity contribution in [1.82, 2.24) is 19.8 Å². The predicted octanol–water partition coefficient (Wildman–Crippen LogP) is 2.84. The lowest BCUT2D eigenvalue weighted by Gasteiger charge is -2.37. The summed E-state index contributed by atoms with van der Waals surface area (Å²) in [6.07, 6.45) is 3.89. The lowest BCUT2D eigenvalue weighted by atomic mass is 10.2. The first-order valence-electron chi connectivity index (χ1n) is 10.7. The van der Waals surface area contributed by atoms with Crippen molar-refractivity contribution >= 4 is 11.6 Å². The molecule has 0 bridgehead atoms. The average molecular weight is 419 g/mol. The maximum Gasteiger partial charge on any atom is 0.194 e. The summed E-state index contributed by atoms with van der Waals surface area (Å²) in [5.74, 6) is 2.81. The smallest absolute Gasteiger partial charge is 0.194 e. The van der Waals surface area contributed by atoms with Crippen molar-refractivity contribution in [2.24, 2.45) is 4.99 Å². The Morgan fingerprint density at radius 3 is 2.45 bits per heavy atom. The number of nitrogens with one attached hydrogen (secondary N) is 1. The third kappa shape index (κ3) is 5.17. The number of guanidine groups is 1. The second-order valence-corrected chi connectivity index (χ2v) is 7.53. The van der Waals surface area contributed by atoms with Gasteiger partial charge in [-0.1, -0.05) is 30.3 Å². The molecule has 0 radical (unpaired) electrons. The molecule has 0 atom stereocenters. The number of imidazole rings is 1. The van der Waals surface area contributed by atoms with Crippen LogP contribution in [0.2, 0.25) is 0 Å². The summed E-state index contributed by atoms with van der Waals surface area (Å²) in [5, 5.41) is 3.49. The molecule has 7 nitrogen and oxygen atoms in total. The first-order chi connectivity index (χ1) is 15.3. The van der Waals surface area contributed by atoms with Gasteiger partial charge in [-0.2, -0.15) is 0 Å². The van der Waals surface area contributed by atoms with Crippen LogP contribution in [0.5, 0.6) is 5.75 Å². The van der Waals surface area contributed by atoms with E-state index >= 15 is 0 Å². The molecule has 1 aliphatic rings. The van der Waals surface area contributed by atoms with E-state index in [9.17, 15) is 0 Å². The third-order valence-electron chi connectivity index (χ3n) is 5.63. The molecule has 1 saturated heterocycles. The van der Waals surface area contributed by atoms with Gasteiger partial charge in [-0.25, -0.2) is 4.98 Å². The number of hydrogen-bond acceptors (Lipinski definition) is 4. The monoisotopic (exact) mass is 418 g/mol. The Morgan fingerprint density at radius 1 is 1.03 bits per heavy atom. The number of aliphatic imine (C=N–C) groups is 1. The van der Waals surface area contributed by atoms with E-state index in [1.54, 1.807) is 7.11 Å². The number of aromatic nitrogens is 2. The zero-order chi connectivity index (χ0) is 21.5. The minimum absolute atomic E-state index is 0.644. The zero-order valence-electron chi connectivity index (χ0n) is 18.2. The van der Waals surface area contributed by atoms with Crippen LogP contribution in [-0.2, 0) is 13.1 Å². The molecule has 1 fully saturated rings. The molecule has 31 heavy (non-hydrogen) atoms. The summed E-state index contributed by atoms with van der Waals surface area (Å²) < 4.78 is 7.44. The fraction of sp³-hybridized carbons (Fsp3) is 0.333. The molecule has 162 valence electrons. The molecule has 7 heteroatoms. The first-order valence-corrected chi connectivity index (χ1v) is 10.7. The molecule has 2 heterocycles. The molecule has 3 aromatic rings. The Hall–Kier alpha value is -3.48. The normalized spacial score (nSPS) is 14.6. The minimum Gasteiger partial charge on any atom is -0.497 e. The lowest BCUT2D eigenvalue weighted by molar-refractivity contribution is 0.371. The first kappa shape index (κ1) is 20.8. The van der Waals surface area contributed by atoms with Crippen LogP contribution in [-0.4, -0.2) is 60.7 Å². The summed E-state index contributed by atoms with van der Waals surface area (Å²) in [7, 11) is 3.54. The molecular weight excluding hydrogens is 388 g/mol. The number of benzene rings is 2. The number of hydrogen-bond donors (Lipinski definition) is 1. The molecule has 1 aliphatic heterocycles. The van der Waals surface area contributed by atoms with Gasteiger partial charge < -0.3 is 24.4 Å². The summed E-state index contributed by atoms with van der Waals surface area (Å²) in [6, 6.07) is 18.7. The topological polar surface area (TPSA) is 57.9 Å². The number of ether oxygens (including phenoxy) is 1. The summed E-state index contributed by atoms with van der Waals surface area (Å²) in [4.78, 5) is 13.8. The van der Waals surface area contributed by atoms with Crippen molar-refractivity contribution in [2.45, 2.75) is 13.1 Å². The van der Waals surface area contributed by atoms with Gasteiger partial charge in [0, 0.05) is 57.9 Å². The van der Waals surface area contributed by atoms with Gasteiger partial charge in [-0.3, -0.25) is 4.99 Å². The molecule has 0 saturated carbocycles. The molecule has 1 aromatic heterocycles. The van der Waals surface area contributed by atoms with Crippen molar-refractivity contribution in [1.29, 1.82) is 0 Å². The predicted molar refractivity (Wildman–Crippen MR) is 125 cm³/mol. The van der Waals surface area contributed by atoms with E-state index in [0.717, 1.165) is 50.3 Å². The third-order valence-corrected chi connectivity index (χ3v) is 5.63. The highest BCUT2D eigenvalue weighted by Crippen LogP contribution is 2.20. The maximum atomic E-state index is 5.26. The summed E-state index contributed by atoms with van der Waals surface area (Å²) >= 11 is 0. The highest BCUT2D eigenvalue weighted by atomic mass is 16.5. The quantitative estimate of drug-likeness (QED) is 0.493. The van der Waals surface area contributed by atoms with Crippen molar-refractivity contribution in [3.63, 3.8) is 0 Å². The van der Waals surface area contributed by atoms with Gasteiger partial charge in [0.05, 0.1) is 13.7 Å². The Bertz CT molecular complexity index is 975. The van der Waals surface area contributed by atoms with Crippen LogP contribution in [0.1, 0.15) is 11.4 Å². The van der Waals surface area contributed by atoms with E-state index in [0.29, 0.717) is 6.54 Å². The van der Waals surface area contributed by atoms with Crippen LogP contribution in [0.15, 0.2) is 72.0 Å². The van der Waals surface area contributed by atoms with Crippen molar-refractivity contribution < 1.29 is 4.74 Å². The maximum absolute atomic E-state index is 5.26. The molecule has 0 unspecified atom stereocenters. The second kappa shape index (κ2) is 10.0. The second-order valence-electron chi connectivity index (χ2n) is 7.53. The largest absolute Gasteiger partial charge is 0.497 e. The van der Waals surface area contributed by atoms with Crippen LogP contribution in [0, 0.1) is 0 Å².